The van der Waals surface area contributed by atoms with Gasteiger partial charge in [-0.2, -0.15) is 0 Å². The third-order valence-electron chi connectivity index (χ3n) is 4.93. The summed E-state index contributed by atoms with van der Waals surface area (Å²) in [7, 11) is 0. The van der Waals surface area contributed by atoms with Crippen LogP contribution in [0.15, 0.2) is 78.9 Å². The second kappa shape index (κ2) is 12.0. The number of amides is 2. The van der Waals surface area contributed by atoms with Crippen LogP contribution >= 0.6 is 12.2 Å². The molecule has 0 atom stereocenters. The largest absolute Gasteiger partial charge is 0.493 e. The molecule has 34 heavy (non-hydrogen) atoms. The van der Waals surface area contributed by atoms with E-state index in [1.165, 1.54) is 0 Å². The number of nitrogens with zero attached hydrogens (tertiary/aromatic N) is 1. The van der Waals surface area contributed by atoms with Gasteiger partial charge in [0.05, 0.1) is 6.61 Å². The number of hydrogen-bond donors (Lipinski definition) is 2. The van der Waals surface area contributed by atoms with E-state index in [1.54, 1.807) is 47.4 Å². The first-order valence-electron chi connectivity index (χ1n) is 11.2. The summed E-state index contributed by atoms with van der Waals surface area (Å²) < 4.78 is 5.68. The molecule has 0 unspecified atom stereocenters. The topological polar surface area (TPSA) is 70.7 Å². The van der Waals surface area contributed by atoms with Crippen molar-refractivity contribution in [3.63, 3.8) is 0 Å². The maximum atomic E-state index is 12.9. The van der Waals surface area contributed by atoms with E-state index in [9.17, 15) is 9.59 Å². The zero-order chi connectivity index (χ0) is 24.5. The molecule has 0 saturated carbocycles. The van der Waals surface area contributed by atoms with Crippen LogP contribution in [0.3, 0.4) is 0 Å². The lowest BCUT2D eigenvalue weighted by molar-refractivity contribution is 0.0973. The summed E-state index contributed by atoms with van der Waals surface area (Å²) in [6, 6.07) is 23.5. The van der Waals surface area contributed by atoms with E-state index < -0.39 is 0 Å². The number of rotatable bonds is 8. The van der Waals surface area contributed by atoms with Crippen LogP contribution in [0.5, 0.6) is 5.75 Å². The summed E-state index contributed by atoms with van der Waals surface area (Å²) >= 11 is 5.29. The van der Waals surface area contributed by atoms with Crippen molar-refractivity contribution in [3.8, 4) is 5.75 Å². The molecule has 3 aromatic carbocycles. The summed E-state index contributed by atoms with van der Waals surface area (Å²) in [5, 5.41) is 5.82. The van der Waals surface area contributed by atoms with Crippen molar-refractivity contribution >= 4 is 40.5 Å². The Morgan fingerprint density at radius 2 is 1.65 bits per heavy atom. The van der Waals surface area contributed by atoms with Gasteiger partial charge in [0, 0.05) is 29.0 Å². The van der Waals surface area contributed by atoms with Crippen molar-refractivity contribution < 1.29 is 14.3 Å². The highest BCUT2D eigenvalue weighted by Gasteiger charge is 2.16. The molecular formula is C27H29N3O3S. The number of para-hydroxylation sites is 1. The predicted octanol–water partition coefficient (Wildman–Crippen LogP) is 5.51. The van der Waals surface area contributed by atoms with Crippen molar-refractivity contribution in [2.45, 2.75) is 20.8 Å². The minimum Gasteiger partial charge on any atom is -0.493 e. The van der Waals surface area contributed by atoms with E-state index in [1.807, 2.05) is 43.3 Å². The molecule has 3 aromatic rings. The van der Waals surface area contributed by atoms with Gasteiger partial charge >= 0.3 is 0 Å². The molecule has 0 fully saturated rings. The molecule has 0 aliphatic heterocycles. The molecule has 0 spiro atoms. The average Bonchev–Trinajstić information content (AvgIpc) is 2.84. The molecule has 0 heterocycles. The number of anilines is 2. The Bertz CT molecular complexity index is 1130. The number of carbonyl (C=O) groups excluding carboxylic acids is 2. The lowest BCUT2D eigenvalue weighted by Gasteiger charge is -2.21. The molecule has 6 nitrogen and oxygen atoms in total. The van der Waals surface area contributed by atoms with Crippen LogP contribution in [-0.2, 0) is 0 Å². The van der Waals surface area contributed by atoms with Crippen LogP contribution in [-0.4, -0.2) is 30.1 Å². The van der Waals surface area contributed by atoms with Crippen molar-refractivity contribution in [2.75, 3.05) is 23.4 Å². The fourth-order valence-electron chi connectivity index (χ4n) is 3.23. The summed E-state index contributed by atoms with van der Waals surface area (Å²) in [6.45, 7) is 7.19. The van der Waals surface area contributed by atoms with Crippen molar-refractivity contribution in [1.82, 2.24) is 5.32 Å². The van der Waals surface area contributed by atoms with E-state index in [0.29, 0.717) is 41.6 Å². The van der Waals surface area contributed by atoms with Crippen molar-refractivity contribution in [3.05, 3.63) is 90.0 Å². The molecule has 7 heteroatoms. The Labute approximate surface area is 205 Å². The van der Waals surface area contributed by atoms with Gasteiger partial charge in [-0.15, -0.1) is 0 Å². The Kier molecular flexibility index (Phi) is 8.76. The standard InChI is InChI=1S/C27H29N3O3S/c1-4-30(23-10-6-5-7-11-23)26(32)20-13-15-22(16-14-20)28-27(34)29-25(31)21-9-8-12-24(17-21)33-18-19(2)3/h5-17,19H,4,18H2,1-3H3,(H2,28,29,31,34). The molecule has 0 aliphatic carbocycles. The molecule has 0 bridgehead atoms. The minimum atomic E-state index is -0.333. The molecular weight excluding hydrogens is 446 g/mol. The number of hydrogen-bond acceptors (Lipinski definition) is 4. The number of carbonyl (C=O) groups is 2. The van der Waals surface area contributed by atoms with Crippen LogP contribution in [0, 0.1) is 5.92 Å². The summed E-state index contributed by atoms with van der Waals surface area (Å²) in [6.07, 6.45) is 0. The van der Waals surface area contributed by atoms with Crippen LogP contribution in [0.4, 0.5) is 11.4 Å². The van der Waals surface area contributed by atoms with E-state index in [-0.39, 0.29) is 16.9 Å². The van der Waals surface area contributed by atoms with E-state index in [0.717, 1.165) is 5.69 Å². The highest BCUT2D eigenvalue weighted by atomic mass is 32.1. The Morgan fingerprint density at radius 3 is 2.29 bits per heavy atom. The van der Waals surface area contributed by atoms with Gasteiger partial charge in [-0.05, 0) is 79.7 Å². The zero-order valence-electron chi connectivity index (χ0n) is 19.6. The van der Waals surface area contributed by atoms with Gasteiger partial charge in [-0.1, -0.05) is 38.1 Å². The highest BCUT2D eigenvalue weighted by molar-refractivity contribution is 7.80. The number of thiocarbonyl (C=S) groups is 1. The quantitative estimate of drug-likeness (QED) is 0.420. The molecule has 2 N–H and O–H groups in total. The Morgan fingerprint density at radius 1 is 0.941 bits per heavy atom. The molecule has 0 aliphatic rings. The van der Waals surface area contributed by atoms with Gasteiger partial charge in [-0.25, -0.2) is 0 Å². The zero-order valence-corrected chi connectivity index (χ0v) is 20.4. The van der Waals surface area contributed by atoms with Gasteiger partial charge in [0.15, 0.2) is 5.11 Å². The lowest BCUT2D eigenvalue weighted by Crippen LogP contribution is -2.34. The highest BCUT2D eigenvalue weighted by Crippen LogP contribution is 2.18. The molecule has 0 radical (unpaired) electrons. The first-order valence-corrected chi connectivity index (χ1v) is 11.6. The van der Waals surface area contributed by atoms with Crippen LogP contribution in [0.1, 0.15) is 41.5 Å². The Balaban J connectivity index is 1.59. The van der Waals surface area contributed by atoms with Crippen LogP contribution in [0.25, 0.3) is 0 Å². The SMILES string of the molecule is CCN(C(=O)c1ccc(NC(=S)NC(=O)c2cccc(OCC(C)C)c2)cc1)c1ccccc1. The molecule has 176 valence electrons. The monoisotopic (exact) mass is 475 g/mol. The second-order valence-electron chi connectivity index (χ2n) is 8.10. The summed E-state index contributed by atoms with van der Waals surface area (Å²) in [5.74, 6) is 0.605. The second-order valence-corrected chi connectivity index (χ2v) is 8.51. The summed E-state index contributed by atoms with van der Waals surface area (Å²) in [4.78, 5) is 27.2. The third kappa shape index (κ3) is 6.89. The van der Waals surface area contributed by atoms with Crippen molar-refractivity contribution in [2.24, 2.45) is 5.92 Å². The lowest BCUT2D eigenvalue weighted by atomic mass is 10.1. The fraction of sp³-hybridized carbons (Fsp3) is 0.222. The van der Waals surface area contributed by atoms with E-state index in [4.69, 9.17) is 17.0 Å². The van der Waals surface area contributed by atoms with Gasteiger partial charge in [0.1, 0.15) is 5.75 Å². The Hall–Kier alpha value is -3.71. The predicted molar refractivity (Wildman–Crippen MR) is 141 cm³/mol. The molecule has 3 rings (SSSR count). The number of nitrogens with one attached hydrogen (secondary N) is 2. The van der Waals surface area contributed by atoms with E-state index in [2.05, 4.69) is 24.5 Å². The minimum absolute atomic E-state index is 0.0873. The third-order valence-corrected chi connectivity index (χ3v) is 5.13. The molecule has 0 aromatic heterocycles. The first-order chi connectivity index (χ1) is 16.4. The first kappa shape index (κ1) is 24.9. The normalized spacial score (nSPS) is 10.5. The maximum Gasteiger partial charge on any atom is 0.258 e. The van der Waals surface area contributed by atoms with Crippen LogP contribution < -0.4 is 20.3 Å². The number of benzene rings is 3. The maximum absolute atomic E-state index is 12.9. The fourth-order valence-corrected chi connectivity index (χ4v) is 3.44. The van der Waals surface area contributed by atoms with Crippen molar-refractivity contribution in [1.29, 1.82) is 0 Å². The van der Waals surface area contributed by atoms with E-state index >= 15 is 0 Å². The molecule has 0 saturated heterocycles. The van der Waals surface area contributed by atoms with Gasteiger partial charge in [0.2, 0.25) is 0 Å². The molecule has 2 amide bonds. The smallest absolute Gasteiger partial charge is 0.258 e. The average molecular weight is 476 g/mol. The summed E-state index contributed by atoms with van der Waals surface area (Å²) in [5.41, 5.74) is 2.52. The number of ether oxygens (including phenoxy) is 1. The van der Waals surface area contributed by atoms with Gasteiger partial charge in [0.25, 0.3) is 11.8 Å². The van der Waals surface area contributed by atoms with Gasteiger partial charge < -0.3 is 15.0 Å². The van der Waals surface area contributed by atoms with Crippen LogP contribution in [0.2, 0.25) is 0 Å². The van der Waals surface area contributed by atoms with Gasteiger partial charge in [-0.3, -0.25) is 14.9 Å².